The van der Waals surface area contributed by atoms with Gasteiger partial charge in [0, 0.05) is 35.5 Å². The number of allylic oxidation sites excluding steroid dienone is 2. The van der Waals surface area contributed by atoms with Gasteiger partial charge in [-0.15, -0.1) is 11.8 Å². The minimum absolute atomic E-state index is 0.110. The van der Waals surface area contributed by atoms with Crippen LogP contribution in [0, 0.1) is 23.5 Å². The van der Waals surface area contributed by atoms with E-state index in [2.05, 4.69) is 5.16 Å². The van der Waals surface area contributed by atoms with E-state index in [1.165, 1.54) is 12.1 Å². The number of oxime groups is 1. The number of rotatable bonds is 12. The minimum atomic E-state index is -0.831. The number of halogens is 2. The van der Waals surface area contributed by atoms with Crippen molar-refractivity contribution in [2.24, 2.45) is 17.0 Å². The van der Waals surface area contributed by atoms with Crippen molar-refractivity contribution in [3.63, 3.8) is 0 Å². The second kappa shape index (κ2) is 12.8. The molecule has 4 atom stereocenters. The number of unbranched alkanes of at least 4 members (excludes halogenated alkanes) is 1. The number of hydrogen-bond acceptors (Lipinski definition) is 6. The lowest BCUT2D eigenvalue weighted by molar-refractivity contribution is -0.137. The first-order chi connectivity index (χ1) is 14.8. The third-order valence-electron chi connectivity index (χ3n) is 5.41. The summed E-state index contributed by atoms with van der Waals surface area (Å²) >= 11 is 1.16. The fraction of sp³-hybridized carbons (Fsp3) is 0.545. The summed E-state index contributed by atoms with van der Waals surface area (Å²) in [5.41, 5.74) is 0.504. The minimum Gasteiger partial charge on any atom is -0.481 e. The number of hydrogen-bond donors (Lipinski definition) is 4. The Bertz CT molecular complexity index is 769. The molecular weight excluding hydrogens is 428 g/mol. The molecule has 1 fully saturated rings. The molecule has 0 radical (unpaired) electrons. The van der Waals surface area contributed by atoms with Crippen molar-refractivity contribution in [1.29, 1.82) is 0 Å². The summed E-state index contributed by atoms with van der Waals surface area (Å²) in [6, 6.07) is 3.22. The highest BCUT2D eigenvalue weighted by Crippen LogP contribution is 2.36. The Hall–Kier alpha value is -1.97. The first-order valence-electron chi connectivity index (χ1n) is 10.3. The van der Waals surface area contributed by atoms with E-state index < -0.39 is 29.8 Å². The smallest absolute Gasteiger partial charge is 0.303 e. The lowest BCUT2D eigenvalue weighted by Crippen LogP contribution is -2.22. The first kappa shape index (κ1) is 25.3. The maximum atomic E-state index is 13.3. The number of carboxylic acids is 1. The van der Waals surface area contributed by atoms with Crippen molar-refractivity contribution in [2.45, 2.75) is 62.0 Å². The van der Waals surface area contributed by atoms with Gasteiger partial charge in [-0.25, -0.2) is 8.78 Å². The second-order valence-electron chi connectivity index (χ2n) is 7.77. The summed E-state index contributed by atoms with van der Waals surface area (Å²) < 4.78 is 26.5. The zero-order valence-electron chi connectivity index (χ0n) is 17.2. The molecule has 6 nitrogen and oxygen atoms in total. The molecule has 1 aliphatic carbocycles. The van der Waals surface area contributed by atoms with Gasteiger partial charge in [0.15, 0.2) is 0 Å². The highest BCUT2D eigenvalue weighted by Gasteiger charge is 2.39. The van der Waals surface area contributed by atoms with Gasteiger partial charge in [-0.05, 0) is 50.2 Å². The summed E-state index contributed by atoms with van der Waals surface area (Å²) in [6.45, 7) is 0. The number of nitrogens with zero attached hydrogens (tertiary/aromatic N) is 1. The summed E-state index contributed by atoms with van der Waals surface area (Å²) in [4.78, 5) is 10.9. The predicted octanol–water partition coefficient (Wildman–Crippen LogP) is 4.23. The molecule has 0 bridgehead atoms. The number of carbonyl (C=O) groups is 1. The average molecular weight is 458 g/mol. The lowest BCUT2D eigenvalue weighted by atomic mass is 9.86. The molecule has 1 aromatic rings. The topological polar surface area (TPSA) is 110 Å². The van der Waals surface area contributed by atoms with Crippen molar-refractivity contribution < 1.29 is 34.1 Å². The van der Waals surface area contributed by atoms with E-state index in [1.54, 1.807) is 0 Å². The van der Waals surface area contributed by atoms with Gasteiger partial charge in [-0.2, -0.15) is 0 Å². The molecule has 4 N–H and O–H groups in total. The molecule has 9 heteroatoms. The van der Waals surface area contributed by atoms with Gasteiger partial charge < -0.3 is 20.5 Å². The molecule has 2 rings (SSSR count). The quantitative estimate of drug-likeness (QED) is 0.123. The zero-order valence-corrected chi connectivity index (χ0v) is 18.0. The van der Waals surface area contributed by atoms with Gasteiger partial charge in [0.1, 0.15) is 11.6 Å². The van der Waals surface area contributed by atoms with Crippen molar-refractivity contribution in [1.82, 2.24) is 0 Å². The summed E-state index contributed by atoms with van der Waals surface area (Å²) in [7, 11) is 0. The van der Waals surface area contributed by atoms with Crippen LogP contribution in [0.1, 0.15) is 44.9 Å². The number of aliphatic hydroxyl groups is 2. The third kappa shape index (κ3) is 8.59. The Balaban J connectivity index is 1.84. The van der Waals surface area contributed by atoms with E-state index >= 15 is 0 Å². The Kier molecular flexibility index (Phi) is 10.4. The highest BCUT2D eigenvalue weighted by atomic mass is 32.2. The van der Waals surface area contributed by atoms with E-state index in [-0.39, 0.29) is 30.4 Å². The average Bonchev–Trinajstić information content (AvgIpc) is 3.01. The Morgan fingerprint density at radius 3 is 2.61 bits per heavy atom. The van der Waals surface area contributed by atoms with Crippen LogP contribution >= 0.6 is 11.8 Å². The fourth-order valence-electron chi connectivity index (χ4n) is 3.85. The monoisotopic (exact) mass is 457 g/mol. The van der Waals surface area contributed by atoms with Crippen molar-refractivity contribution >= 4 is 23.4 Å². The highest BCUT2D eigenvalue weighted by molar-refractivity contribution is 7.99. The second-order valence-corrected chi connectivity index (χ2v) is 8.87. The van der Waals surface area contributed by atoms with Crippen molar-refractivity contribution in [2.75, 3.05) is 5.75 Å². The van der Waals surface area contributed by atoms with E-state index in [1.807, 2.05) is 12.2 Å². The summed E-state index contributed by atoms with van der Waals surface area (Å²) in [5, 5.41) is 42.0. The van der Waals surface area contributed by atoms with Crippen LogP contribution in [-0.2, 0) is 4.79 Å². The van der Waals surface area contributed by atoms with E-state index in [0.717, 1.165) is 17.8 Å². The zero-order chi connectivity index (χ0) is 22.8. The van der Waals surface area contributed by atoms with Crippen LogP contribution in [0.15, 0.2) is 40.4 Å². The lowest BCUT2D eigenvalue weighted by Gasteiger charge is -2.21. The van der Waals surface area contributed by atoms with Crippen LogP contribution in [0.4, 0.5) is 8.78 Å². The number of thioether (sulfide) groups is 1. The molecule has 1 aromatic carbocycles. The Labute approximate surface area is 184 Å². The molecule has 0 amide bonds. The molecule has 0 heterocycles. The molecule has 172 valence electrons. The van der Waals surface area contributed by atoms with Crippen molar-refractivity contribution in [3.8, 4) is 0 Å². The predicted molar refractivity (Wildman–Crippen MR) is 114 cm³/mol. The van der Waals surface area contributed by atoms with Crippen LogP contribution < -0.4 is 0 Å². The van der Waals surface area contributed by atoms with Gasteiger partial charge in [0.2, 0.25) is 0 Å². The number of benzene rings is 1. The fourth-order valence-corrected chi connectivity index (χ4v) is 4.79. The molecular formula is C22H29F2NO5S. The number of aliphatic carboxylic acids is 1. The normalized spacial score (nSPS) is 23.6. The summed E-state index contributed by atoms with van der Waals surface area (Å²) in [6.07, 6.45) is 5.45. The van der Waals surface area contributed by atoms with Crippen LogP contribution in [0.5, 0.6) is 0 Å². The molecule has 1 aliphatic rings. The Morgan fingerprint density at radius 1 is 1.26 bits per heavy atom. The standard InChI is InChI=1S/C22H29F2NO5S/c23-14-9-15(24)11-17(10-14)31-13-16(26)7-8-18-19(21(27)12-20(18)25-30)5-3-1-2-4-6-22(28)29/h1,3,9-11,16,18-19,21,26-27,30H,2,4-8,12-13H2,(H,28,29)/b3-1-,25-20-/t16-,18-,19-,21+/m1/s1. The third-order valence-corrected chi connectivity index (χ3v) is 6.53. The van der Waals surface area contributed by atoms with Gasteiger partial charge >= 0.3 is 5.97 Å². The summed E-state index contributed by atoms with van der Waals surface area (Å²) in [5.74, 6) is -2.24. The van der Waals surface area contributed by atoms with Gasteiger partial charge in [0.25, 0.3) is 0 Å². The molecule has 31 heavy (non-hydrogen) atoms. The molecule has 1 saturated carbocycles. The van der Waals surface area contributed by atoms with Crippen LogP contribution in [0.3, 0.4) is 0 Å². The van der Waals surface area contributed by atoms with E-state index in [4.69, 9.17) is 5.11 Å². The maximum Gasteiger partial charge on any atom is 0.303 e. The van der Waals surface area contributed by atoms with Gasteiger partial charge in [-0.1, -0.05) is 17.3 Å². The Morgan fingerprint density at radius 2 is 1.97 bits per heavy atom. The maximum absolute atomic E-state index is 13.3. The molecule has 0 aromatic heterocycles. The van der Waals surface area contributed by atoms with E-state index in [9.17, 15) is 29.0 Å². The number of aliphatic hydroxyl groups excluding tert-OH is 2. The molecule has 0 saturated heterocycles. The van der Waals surface area contributed by atoms with Crippen LogP contribution in [0.25, 0.3) is 0 Å². The van der Waals surface area contributed by atoms with Crippen LogP contribution in [0.2, 0.25) is 0 Å². The van der Waals surface area contributed by atoms with E-state index in [0.29, 0.717) is 42.7 Å². The SMILES string of the molecule is O=C(O)CCC/C=C\C[C@H]1[C@@H](O)C/C(=N/O)[C@@H]1CC[C@@H](O)CSc1cc(F)cc(F)c1. The number of carboxylic acid groups (broad SMARTS) is 1. The first-order valence-corrected chi connectivity index (χ1v) is 11.3. The molecule has 0 aliphatic heterocycles. The van der Waals surface area contributed by atoms with Crippen molar-refractivity contribution in [3.05, 3.63) is 42.0 Å². The van der Waals surface area contributed by atoms with Crippen LogP contribution in [-0.4, -0.2) is 50.2 Å². The molecule has 0 spiro atoms. The molecule has 0 unspecified atom stereocenters. The largest absolute Gasteiger partial charge is 0.481 e. The van der Waals surface area contributed by atoms with Gasteiger partial charge in [-0.3, -0.25) is 4.79 Å². The van der Waals surface area contributed by atoms with Gasteiger partial charge in [0.05, 0.1) is 17.9 Å².